The molecule has 6 heterocycles. The van der Waals surface area contributed by atoms with Gasteiger partial charge in [-0.2, -0.15) is 0 Å². The Morgan fingerprint density at radius 1 is 0.403 bits per heavy atom. The molecule has 14 aromatic rings. The number of hydrogen-bond donors (Lipinski definition) is 0. The van der Waals surface area contributed by atoms with Crippen molar-refractivity contribution in [1.29, 1.82) is 0 Å². The SMILES string of the molecule is O=C(OCc1ccccc1)n1c2cc(N=c3c(=O)c4cc5ccccc5cc4c3=O)sc2c2sc3c(sc4c5sc(N=c6c(=O)c7cc8ccccc8cc7c6=O)cc5n(C(=O)OCc5ccccc5)c43)c21. The summed E-state index contributed by atoms with van der Waals surface area (Å²) in [6.45, 7) is -0.0251. The number of fused-ring (bicyclic) bond motifs is 13. The topological polar surface area (TPSA) is 155 Å². The molecule has 0 radical (unpaired) electrons. The third-order valence-corrected chi connectivity index (χ3v) is 17.9. The molecular formula is C56H28N4O8S4. The van der Waals surface area contributed by atoms with Gasteiger partial charge in [0, 0.05) is 21.5 Å². The van der Waals surface area contributed by atoms with Gasteiger partial charge in [0.2, 0.25) is 21.7 Å². The van der Waals surface area contributed by atoms with Crippen LogP contribution in [-0.2, 0) is 22.7 Å². The summed E-state index contributed by atoms with van der Waals surface area (Å²) in [4.78, 5) is 93.7. The molecule has 0 N–H and O–H groups in total. The summed E-state index contributed by atoms with van der Waals surface area (Å²) in [5, 5.41) is 4.79. The van der Waals surface area contributed by atoms with E-state index in [0.717, 1.165) is 32.7 Å². The first-order chi connectivity index (χ1) is 35.2. The minimum atomic E-state index is -0.662. The lowest BCUT2D eigenvalue weighted by Gasteiger charge is -2.07. The Labute approximate surface area is 418 Å². The number of carbonyl (C=O) groups excluding carboxylic acids is 2. The predicted octanol–water partition coefficient (Wildman–Crippen LogP) is 11.9. The number of carbonyl (C=O) groups is 2. The molecule has 344 valence electrons. The molecular weight excluding hydrogens is 985 g/mol. The van der Waals surface area contributed by atoms with Crippen molar-refractivity contribution in [3.8, 4) is 0 Å². The van der Waals surface area contributed by atoms with E-state index in [-0.39, 0.29) is 23.9 Å². The number of rotatable bonds is 6. The van der Waals surface area contributed by atoms with Crippen molar-refractivity contribution < 1.29 is 19.1 Å². The Morgan fingerprint density at radius 3 is 1.07 bits per heavy atom. The van der Waals surface area contributed by atoms with Crippen LogP contribution in [-0.4, -0.2) is 21.3 Å². The smallest absolute Gasteiger partial charge is 0.419 e. The van der Waals surface area contributed by atoms with Gasteiger partial charge in [-0.05, 0) is 69.1 Å². The van der Waals surface area contributed by atoms with Crippen molar-refractivity contribution in [2.45, 2.75) is 13.2 Å². The fraction of sp³-hybridized carbons (Fsp3) is 0.0357. The second kappa shape index (κ2) is 16.0. The lowest BCUT2D eigenvalue weighted by atomic mass is 10.1. The van der Waals surface area contributed by atoms with Gasteiger partial charge in [-0.25, -0.2) is 28.7 Å². The van der Waals surface area contributed by atoms with Crippen LogP contribution < -0.4 is 32.4 Å². The van der Waals surface area contributed by atoms with Crippen LogP contribution in [0.15, 0.2) is 175 Å². The van der Waals surface area contributed by atoms with E-state index in [0.29, 0.717) is 81.8 Å². The van der Waals surface area contributed by atoms with Crippen LogP contribution in [0.4, 0.5) is 19.6 Å². The van der Waals surface area contributed by atoms with E-state index in [4.69, 9.17) is 9.47 Å². The van der Waals surface area contributed by atoms with E-state index < -0.39 is 33.9 Å². The molecule has 14 rings (SSSR count). The maximum atomic E-state index is 14.6. The fourth-order valence-corrected chi connectivity index (χ4v) is 14.8. The monoisotopic (exact) mass is 1010 g/mol. The Morgan fingerprint density at radius 2 is 0.722 bits per heavy atom. The third kappa shape index (κ3) is 6.39. The van der Waals surface area contributed by atoms with Crippen LogP contribution in [0.1, 0.15) is 11.1 Å². The summed E-state index contributed by atoms with van der Waals surface area (Å²) in [6.07, 6.45) is -1.32. The van der Waals surface area contributed by atoms with Crippen LogP contribution in [0.25, 0.3) is 93.4 Å². The van der Waals surface area contributed by atoms with E-state index in [2.05, 4.69) is 9.98 Å². The highest BCUT2D eigenvalue weighted by Crippen LogP contribution is 2.54. The van der Waals surface area contributed by atoms with E-state index in [9.17, 15) is 28.8 Å². The first-order valence-corrected chi connectivity index (χ1v) is 25.7. The molecule has 0 atom stereocenters. The zero-order valence-corrected chi connectivity index (χ0v) is 40.2. The maximum absolute atomic E-state index is 14.6. The number of benzene rings is 6. The van der Waals surface area contributed by atoms with Gasteiger partial charge in [0.1, 0.15) is 23.2 Å². The van der Waals surface area contributed by atoms with Gasteiger partial charge in [0.25, 0.3) is 0 Å². The Balaban J connectivity index is 0.976. The van der Waals surface area contributed by atoms with Crippen LogP contribution in [0.2, 0.25) is 0 Å². The molecule has 0 saturated carbocycles. The standard InChI is InChI=1S/C56H28N4O8S4/c61-45-33-19-29-15-7-8-16-30(29)20-34(33)46(62)41(45)57-39-23-37-49(69-39)51-43(59(37)55(65)67-25-27-11-3-1-4-12-27)53-54(71-51)44-52(72-53)50-38(60(44)56(66)68-26-28-13-5-2-6-14-28)24-40(70-50)58-42-47(63)35-21-31-17-9-10-18-32(31)22-36(35)48(42)64/h1-24H,25-26H2. The average molecular weight is 1010 g/mol. The van der Waals surface area contributed by atoms with Crippen LogP contribution >= 0.6 is 45.3 Å². The fourth-order valence-electron chi connectivity index (χ4n) is 9.69. The van der Waals surface area contributed by atoms with Gasteiger partial charge in [0.15, 0.2) is 10.7 Å². The molecule has 0 amide bonds. The Kier molecular flexibility index (Phi) is 9.41. The summed E-state index contributed by atoms with van der Waals surface area (Å²) in [5.41, 5.74) is 1.76. The number of hydrogen-bond acceptors (Lipinski definition) is 14. The third-order valence-electron chi connectivity index (χ3n) is 13.0. The molecule has 0 fully saturated rings. The highest BCUT2D eigenvalue weighted by Gasteiger charge is 2.31. The van der Waals surface area contributed by atoms with Crippen molar-refractivity contribution in [1.82, 2.24) is 9.13 Å². The van der Waals surface area contributed by atoms with E-state index in [1.807, 2.05) is 109 Å². The zero-order valence-electron chi connectivity index (χ0n) is 37.0. The Bertz CT molecular complexity index is 4560. The lowest BCUT2D eigenvalue weighted by molar-refractivity contribution is 0.142. The summed E-state index contributed by atoms with van der Waals surface area (Å²) < 4.78 is 19.2. The highest BCUT2D eigenvalue weighted by atomic mass is 32.1. The van der Waals surface area contributed by atoms with Gasteiger partial charge >= 0.3 is 12.2 Å². The first-order valence-electron chi connectivity index (χ1n) is 22.5. The van der Waals surface area contributed by atoms with E-state index >= 15 is 0 Å². The minimum Gasteiger partial charge on any atom is -0.444 e. The van der Waals surface area contributed by atoms with Gasteiger partial charge in [-0.15, -0.1) is 45.3 Å². The normalized spacial score (nSPS) is 12.1. The molecule has 0 aliphatic carbocycles. The van der Waals surface area contributed by atoms with E-state index in [1.54, 1.807) is 36.4 Å². The van der Waals surface area contributed by atoms with Gasteiger partial charge in [-0.3, -0.25) is 19.2 Å². The molecule has 16 heteroatoms. The molecule has 0 unspecified atom stereocenters. The molecule has 0 aliphatic rings. The number of thiophene rings is 4. The van der Waals surface area contributed by atoms with Crippen molar-refractivity contribution in [2.75, 3.05) is 0 Å². The Hall–Kier alpha value is -8.54. The zero-order chi connectivity index (χ0) is 48.5. The number of ether oxygens (including phenoxy) is 2. The first kappa shape index (κ1) is 42.3. The minimum absolute atomic E-state index is 0.0125. The highest BCUT2D eigenvalue weighted by molar-refractivity contribution is 7.40. The van der Waals surface area contributed by atoms with Gasteiger partial charge in [-0.1, -0.05) is 109 Å². The van der Waals surface area contributed by atoms with E-state index in [1.165, 1.54) is 54.5 Å². The van der Waals surface area contributed by atoms with Crippen molar-refractivity contribution in [3.63, 3.8) is 0 Å². The summed E-state index contributed by atoms with van der Waals surface area (Å²) in [6, 6.07) is 44.0. The molecule has 0 aliphatic heterocycles. The average Bonchev–Trinajstić information content (AvgIpc) is 4.29. The van der Waals surface area contributed by atoms with Gasteiger partial charge < -0.3 is 9.47 Å². The molecule has 8 aromatic carbocycles. The summed E-state index contributed by atoms with van der Waals surface area (Å²) >= 11 is 5.25. The largest absolute Gasteiger partial charge is 0.444 e. The quantitative estimate of drug-likeness (QED) is 0.159. The molecule has 0 spiro atoms. The van der Waals surface area contributed by atoms with Crippen LogP contribution in [0, 0.1) is 0 Å². The van der Waals surface area contributed by atoms with Gasteiger partial charge in [0.05, 0.1) is 50.3 Å². The predicted molar refractivity (Wildman–Crippen MR) is 289 cm³/mol. The lowest BCUT2D eigenvalue weighted by Crippen LogP contribution is -2.31. The van der Waals surface area contributed by atoms with Crippen molar-refractivity contribution in [2.24, 2.45) is 9.98 Å². The second-order valence-electron chi connectivity index (χ2n) is 17.3. The molecule has 0 saturated heterocycles. The number of aromatic nitrogens is 2. The summed E-state index contributed by atoms with van der Waals surface area (Å²) in [5.74, 6) is 0. The molecule has 6 aromatic heterocycles. The summed E-state index contributed by atoms with van der Waals surface area (Å²) in [7, 11) is 0. The van der Waals surface area contributed by atoms with Crippen LogP contribution in [0.3, 0.4) is 0 Å². The second-order valence-corrected chi connectivity index (χ2v) is 21.4. The maximum Gasteiger partial charge on any atom is 0.419 e. The number of nitrogens with zero attached hydrogens (tertiary/aromatic N) is 4. The van der Waals surface area contributed by atoms with Crippen molar-refractivity contribution >= 4 is 161 Å². The van der Waals surface area contributed by atoms with Crippen LogP contribution in [0.5, 0.6) is 0 Å². The van der Waals surface area contributed by atoms with Crippen molar-refractivity contribution in [3.05, 3.63) is 208 Å². The molecule has 12 nitrogen and oxygen atoms in total. The molecule has 0 bridgehead atoms. The molecule has 72 heavy (non-hydrogen) atoms.